The standard InChI is InChI=1S/C16H25N3O/c1-4-9-19-15-8-6-5-7-14(15)18-16(19)11-17-12(2)10-13(3)20/h5-8,12-13,17,20H,4,9-11H2,1-3H3. The third-order valence-electron chi connectivity index (χ3n) is 3.48. The zero-order valence-electron chi connectivity index (χ0n) is 12.6. The summed E-state index contributed by atoms with van der Waals surface area (Å²) >= 11 is 0. The summed E-state index contributed by atoms with van der Waals surface area (Å²) in [7, 11) is 0. The molecule has 0 fully saturated rings. The molecule has 2 atom stereocenters. The van der Waals surface area contributed by atoms with Gasteiger partial charge in [0.15, 0.2) is 0 Å². The van der Waals surface area contributed by atoms with Gasteiger partial charge in [-0.2, -0.15) is 0 Å². The molecule has 110 valence electrons. The number of rotatable bonds is 7. The van der Waals surface area contributed by atoms with Gasteiger partial charge >= 0.3 is 0 Å². The second kappa shape index (κ2) is 6.86. The molecule has 0 amide bonds. The fourth-order valence-corrected chi connectivity index (χ4v) is 2.59. The van der Waals surface area contributed by atoms with E-state index in [1.165, 1.54) is 5.52 Å². The Morgan fingerprint density at radius 2 is 2.05 bits per heavy atom. The number of hydrogen-bond acceptors (Lipinski definition) is 3. The number of aliphatic hydroxyl groups excluding tert-OH is 1. The molecule has 20 heavy (non-hydrogen) atoms. The molecular weight excluding hydrogens is 250 g/mol. The number of nitrogens with zero attached hydrogens (tertiary/aromatic N) is 2. The maximum Gasteiger partial charge on any atom is 0.123 e. The predicted octanol–water partition coefficient (Wildman–Crippen LogP) is 2.70. The summed E-state index contributed by atoms with van der Waals surface area (Å²) in [4.78, 5) is 4.72. The van der Waals surface area contributed by atoms with Gasteiger partial charge in [-0.3, -0.25) is 0 Å². The fourth-order valence-electron chi connectivity index (χ4n) is 2.59. The lowest BCUT2D eigenvalue weighted by molar-refractivity contribution is 0.170. The van der Waals surface area contributed by atoms with Gasteiger partial charge in [0.05, 0.1) is 23.7 Å². The maximum absolute atomic E-state index is 9.41. The number of aliphatic hydroxyl groups is 1. The van der Waals surface area contributed by atoms with Gasteiger partial charge in [0.25, 0.3) is 0 Å². The molecule has 0 radical (unpaired) electrons. The third kappa shape index (κ3) is 3.58. The van der Waals surface area contributed by atoms with Crippen molar-refractivity contribution in [3.63, 3.8) is 0 Å². The maximum atomic E-state index is 9.41. The minimum absolute atomic E-state index is 0.271. The molecule has 0 saturated carbocycles. The van der Waals surface area contributed by atoms with E-state index in [9.17, 15) is 5.11 Å². The minimum atomic E-state index is -0.271. The zero-order valence-corrected chi connectivity index (χ0v) is 12.6. The van der Waals surface area contributed by atoms with Crippen LogP contribution in [0.15, 0.2) is 24.3 Å². The van der Waals surface area contributed by atoms with Crippen LogP contribution in [0.4, 0.5) is 0 Å². The SMILES string of the molecule is CCCn1c(CNC(C)CC(C)O)nc2ccccc21. The molecule has 0 aliphatic heterocycles. The molecule has 0 bridgehead atoms. The highest BCUT2D eigenvalue weighted by atomic mass is 16.3. The van der Waals surface area contributed by atoms with Crippen molar-refractivity contribution in [1.29, 1.82) is 0 Å². The van der Waals surface area contributed by atoms with Crippen LogP contribution in [-0.4, -0.2) is 26.8 Å². The van der Waals surface area contributed by atoms with Gasteiger partial charge < -0.3 is 15.0 Å². The van der Waals surface area contributed by atoms with Gasteiger partial charge in [-0.05, 0) is 38.8 Å². The number of para-hydroxylation sites is 2. The van der Waals surface area contributed by atoms with Crippen LogP contribution in [-0.2, 0) is 13.1 Å². The number of hydrogen-bond donors (Lipinski definition) is 2. The van der Waals surface area contributed by atoms with E-state index in [-0.39, 0.29) is 12.1 Å². The molecule has 1 heterocycles. The van der Waals surface area contributed by atoms with Crippen LogP contribution < -0.4 is 5.32 Å². The Balaban J connectivity index is 2.14. The van der Waals surface area contributed by atoms with Crippen LogP contribution in [0.5, 0.6) is 0 Å². The van der Waals surface area contributed by atoms with Crippen LogP contribution in [0.1, 0.15) is 39.4 Å². The molecule has 4 nitrogen and oxygen atoms in total. The van der Waals surface area contributed by atoms with Crippen molar-refractivity contribution in [3.05, 3.63) is 30.1 Å². The van der Waals surface area contributed by atoms with Crippen LogP contribution in [0.3, 0.4) is 0 Å². The summed E-state index contributed by atoms with van der Waals surface area (Å²) in [6.07, 6.45) is 1.58. The number of imidazole rings is 1. The van der Waals surface area contributed by atoms with Crippen molar-refractivity contribution in [2.75, 3.05) is 0 Å². The smallest absolute Gasteiger partial charge is 0.123 e. The Kier molecular flexibility index (Phi) is 5.15. The molecule has 1 aromatic carbocycles. The second-order valence-electron chi connectivity index (χ2n) is 5.54. The van der Waals surface area contributed by atoms with Gasteiger partial charge in [-0.25, -0.2) is 4.98 Å². The summed E-state index contributed by atoms with van der Waals surface area (Å²) in [5.74, 6) is 1.07. The minimum Gasteiger partial charge on any atom is -0.393 e. The summed E-state index contributed by atoms with van der Waals surface area (Å²) in [6.45, 7) is 7.83. The second-order valence-corrected chi connectivity index (χ2v) is 5.54. The summed E-state index contributed by atoms with van der Waals surface area (Å²) in [5, 5.41) is 12.9. The van der Waals surface area contributed by atoms with Gasteiger partial charge in [-0.15, -0.1) is 0 Å². The summed E-state index contributed by atoms with van der Waals surface area (Å²) < 4.78 is 2.29. The number of aromatic nitrogens is 2. The fraction of sp³-hybridized carbons (Fsp3) is 0.562. The third-order valence-corrected chi connectivity index (χ3v) is 3.48. The van der Waals surface area contributed by atoms with E-state index in [2.05, 4.69) is 41.9 Å². The van der Waals surface area contributed by atoms with Crippen LogP contribution in [0, 0.1) is 0 Å². The molecule has 0 spiro atoms. The first-order valence-corrected chi connectivity index (χ1v) is 7.47. The number of fused-ring (bicyclic) bond motifs is 1. The Labute approximate surface area is 120 Å². The lowest BCUT2D eigenvalue weighted by Crippen LogP contribution is -2.29. The first-order valence-electron chi connectivity index (χ1n) is 7.47. The Morgan fingerprint density at radius 1 is 1.30 bits per heavy atom. The Bertz CT molecular complexity index is 548. The van der Waals surface area contributed by atoms with Crippen molar-refractivity contribution >= 4 is 11.0 Å². The van der Waals surface area contributed by atoms with Gasteiger partial charge in [0.1, 0.15) is 5.82 Å². The molecular formula is C16H25N3O. The average Bonchev–Trinajstić information content (AvgIpc) is 2.75. The van der Waals surface area contributed by atoms with E-state index in [1.807, 2.05) is 13.0 Å². The van der Waals surface area contributed by atoms with E-state index >= 15 is 0 Å². The lowest BCUT2D eigenvalue weighted by Gasteiger charge is -2.16. The van der Waals surface area contributed by atoms with Crippen molar-refractivity contribution in [3.8, 4) is 0 Å². The lowest BCUT2D eigenvalue weighted by atomic mass is 10.1. The molecule has 1 aromatic heterocycles. The molecule has 4 heteroatoms. The highest BCUT2D eigenvalue weighted by Crippen LogP contribution is 2.16. The average molecular weight is 275 g/mol. The predicted molar refractivity (Wildman–Crippen MR) is 82.6 cm³/mol. The van der Waals surface area contributed by atoms with Crippen LogP contribution in [0.25, 0.3) is 11.0 Å². The first-order chi connectivity index (χ1) is 9.61. The topological polar surface area (TPSA) is 50.1 Å². The number of nitrogens with one attached hydrogen (secondary N) is 1. The highest BCUT2D eigenvalue weighted by Gasteiger charge is 2.11. The van der Waals surface area contributed by atoms with Crippen molar-refractivity contribution in [1.82, 2.24) is 14.9 Å². The van der Waals surface area contributed by atoms with E-state index in [0.717, 1.165) is 37.3 Å². The molecule has 0 aliphatic carbocycles. The highest BCUT2D eigenvalue weighted by molar-refractivity contribution is 5.75. The van der Waals surface area contributed by atoms with Crippen molar-refractivity contribution in [2.45, 2.75) is 58.8 Å². The normalized spacial score (nSPS) is 14.6. The summed E-state index contributed by atoms with van der Waals surface area (Å²) in [5.41, 5.74) is 2.26. The van der Waals surface area contributed by atoms with Crippen LogP contribution in [0.2, 0.25) is 0 Å². The van der Waals surface area contributed by atoms with E-state index in [1.54, 1.807) is 0 Å². The van der Waals surface area contributed by atoms with Gasteiger partial charge in [0, 0.05) is 12.6 Å². The molecule has 2 unspecified atom stereocenters. The molecule has 0 aliphatic rings. The zero-order chi connectivity index (χ0) is 14.5. The van der Waals surface area contributed by atoms with Crippen LogP contribution >= 0.6 is 0 Å². The quantitative estimate of drug-likeness (QED) is 0.817. The van der Waals surface area contributed by atoms with Gasteiger partial charge in [-0.1, -0.05) is 19.1 Å². The number of benzene rings is 1. The molecule has 2 rings (SSSR count). The van der Waals surface area contributed by atoms with Crippen molar-refractivity contribution < 1.29 is 5.11 Å². The number of aryl methyl sites for hydroxylation is 1. The van der Waals surface area contributed by atoms with Gasteiger partial charge in [0.2, 0.25) is 0 Å². The Hall–Kier alpha value is -1.39. The Morgan fingerprint density at radius 3 is 2.75 bits per heavy atom. The van der Waals surface area contributed by atoms with E-state index in [4.69, 9.17) is 4.98 Å². The molecule has 2 aromatic rings. The first kappa shape index (κ1) is 15.0. The van der Waals surface area contributed by atoms with E-state index < -0.39 is 0 Å². The van der Waals surface area contributed by atoms with Crippen molar-refractivity contribution in [2.24, 2.45) is 0 Å². The largest absolute Gasteiger partial charge is 0.393 e. The molecule has 0 saturated heterocycles. The van der Waals surface area contributed by atoms with E-state index in [0.29, 0.717) is 0 Å². The molecule has 2 N–H and O–H groups in total. The monoisotopic (exact) mass is 275 g/mol. The summed E-state index contributed by atoms with van der Waals surface area (Å²) in [6, 6.07) is 8.55.